The Bertz CT molecular complexity index is 2510. The van der Waals surface area contributed by atoms with E-state index in [0.29, 0.717) is 19.3 Å². The van der Waals surface area contributed by atoms with Gasteiger partial charge in [0.1, 0.15) is 31.3 Å². The fourth-order valence-corrected chi connectivity index (χ4v) is 7.01. The van der Waals surface area contributed by atoms with Crippen LogP contribution in [0.25, 0.3) is 0 Å². The molecule has 3 rings (SSSR count). The first-order valence-electron chi connectivity index (χ1n) is 23.8. The Labute approximate surface area is 434 Å². The molecule has 3 aromatic rings. The number of carboxylic acids is 1. The predicted molar refractivity (Wildman–Crippen MR) is 264 cm³/mol. The van der Waals surface area contributed by atoms with E-state index in [9.17, 15) is 84.0 Å². The summed E-state index contributed by atoms with van der Waals surface area (Å²) in [5.41, 5.74) is 15.5. The van der Waals surface area contributed by atoms with E-state index in [-0.39, 0.29) is 58.2 Å². The minimum Gasteiger partial charge on any atom is -0.504 e. The van der Waals surface area contributed by atoms with Crippen LogP contribution in [0.2, 0.25) is 0 Å². The molecule has 0 heterocycles. The van der Waals surface area contributed by atoms with Crippen LogP contribution in [-0.2, 0) is 38.2 Å². The average Bonchev–Trinajstić information content (AvgIpc) is 3.38. The molecule has 28 heteroatoms. The standard InChI is InChI=1S/C48H65N9O19/c49-19-4-1-13-28(52-40(65)25-10-7-16-34(59)37(25)62)43(68)55-31(22-58)47(73)76-24-33(57-45(70)30(15-3-6-21-51)54-42(67)27-12-9-18-36(61)39(27)64)48(74)75-23-32(46(71)72)56-44(69)29(14-2-5-20-50)53-41(66)26-11-8-17-35(60)38(26)63/h7-12,16-18,28-33,58-64H,1-6,13-15,19-24,49-51H2,(H,52,65)(H,53,66)(H,54,67)(H,55,68)(H,56,69)(H,57,70)(H,71,72). The number of carbonyl (C=O) groups is 9. The van der Waals surface area contributed by atoms with Crippen LogP contribution in [0.4, 0.5) is 0 Å². The number of hydrogen-bond donors (Lipinski definition) is 17. The number of rotatable bonds is 32. The number of ether oxygens (including phenoxy) is 2. The second kappa shape index (κ2) is 31.3. The summed E-state index contributed by atoms with van der Waals surface area (Å²) in [5, 5.41) is 94.5. The lowest BCUT2D eigenvalue weighted by molar-refractivity contribution is -0.158. The molecule has 0 saturated heterocycles. The molecule has 0 aromatic heterocycles. The van der Waals surface area contributed by atoms with E-state index >= 15 is 0 Å². The van der Waals surface area contributed by atoms with Crippen molar-refractivity contribution in [1.82, 2.24) is 31.9 Å². The summed E-state index contributed by atoms with van der Waals surface area (Å²) in [6.45, 7) is -2.99. The second-order valence-corrected chi connectivity index (χ2v) is 16.9. The number of aliphatic carboxylic acids is 1. The zero-order valence-corrected chi connectivity index (χ0v) is 41.1. The monoisotopic (exact) mass is 1070 g/mol. The summed E-state index contributed by atoms with van der Waals surface area (Å²) in [6, 6.07) is -0.164. The fourth-order valence-electron chi connectivity index (χ4n) is 7.01. The number of phenolic OH excluding ortho intramolecular Hbond substituents is 6. The number of esters is 2. The molecular formula is C48H65N9O19. The highest BCUT2D eigenvalue weighted by atomic mass is 16.6. The molecule has 0 saturated carbocycles. The van der Waals surface area contributed by atoms with Crippen LogP contribution in [0.5, 0.6) is 34.5 Å². The van der Waals surface area contributed by atoms with Crippen molar-refractivity contribution >= 4 is 53.4 Å². The van der Waals surface area contributed by atoms with Crippen LogP contribution >= 0.6 is 0 Å². The quantitative estimate of drug-likeness (QED) is 0.0176. The summed E-state index contributed by atoms with van der Waals surface area (Å²) in [4.78, 5) is 120. The summed E-state index contributed by atoms with van der Waals surface area (Å²) < 4.78 is 10.5. The zero-order valence-electron chi connectivity index (χ0n) is 41.1. The number of amides is 6. The third kappa shape index (κ3) is 18.8. The number of aromatic hydroxyl groups is 6. The van der Waals surface area contributed by atoms with Crippen molar-refractivity contribution in [3.05, 3.63) is 71.3 Å². The molecule has 0 aliphatic heterocycles. The summed E-state index contributed by atoms with van der Waals surface area (Å²) in [7, 11) is 0. The van der Waals surface area contributed by atoms with E-state index in [1.807, 2.05) is 0 Å². The first-order chi connectivity index (χ1) is 36.2. The Morgan fingerprint density at radius 3 is 1.04 bits per heavy atom. The normalized spacial score (nSPS) is 13.3. The number of aliphatic hydroxyl groups is 1. The maximum atomic E-state index is 14.0. The summed E-state index contributed by atoms with van der Waals surface area (Å²) >= 11 is 0. The highest BCUT2D eigenvalue weighted by Crippen LogP contribution is 2.30. The first kappa shape index (κ1) is 61.8. The van der Waals surface area contributed by atoms with Crippen LogP contribution in [0.1, 0.15) is 88.9 Å². The summed E-state index contributed by atoms with van der Waals surface area (Å²) in [5.74, 6) is -15.6. The molecule has 0 aliphatic rings. The van der Waals surface area contributed by atoms with E-state index in [0.717, 1.165) is 36.4 Å². The Morgan fingerprint density at radius 1 is 0.421 bits per heavy atom. The third-order valence-corrected chi connectivity index (χ3v) is 11.3. The van der Waals surface area contributed by atoms with Crippen molar-refractivity contribution in [3.63, 3.8) is 0 Å². The molecule has 0 spiro atoms. The highest BCUT2D eigenvalue weighted by molar-refractivity contribution is 6.02. The van der Waals surface area contributed by atoms with Crippen molar-refractivity contribution in [2.75, 3.05) is 39.5 Å². The molecule has 416 valence electrons. The van der Waals surface area contributed by atoms with Gasteiger partial charge in [0.15, 0.2) is 52.6 Å². The van der Waals surface area contributed by atoms with Gasteiger partial charge in [-0.1, -0.05) is 18.2 Å². The third-order valence-electron chi connectivity index (χ3n) is 11.3. The van der Waals surface area contributed by atoms with Gasteiger partial charge in [-0.25, -0.2) is 14.4 Å². The SMILES string of the molecule is NCCCCC(NC(=O)c1cccc(O)c1O)C(=O)NC(COC(=O)C(COC(=O)C(CO)NC(=O)C(CCCCN)NC(=O)c1cccc(O)c1O)NC(=O)C(CCCCN)NC(=O)c1cccc(O)c1O)C(=O)O. The largest absolute Gasteiger partial charge is 0.504 e. The van der Waals surface area contributed by atoms with Crippen molar-refractivity contribution in [3.8, 4) is 34.5 Å². The van der Waals surface area contributed by atoms with Crippen molar-refractivity contribution < 1.29 is 93.5 Å². The predicted octanol–water partition coefficient (Wildman–Crippen LogP) is -2.38. The number of hydrogen-bond acceptors (Lipinski definition) is 21. The molecule has 6 unspecified atom stereocenters. The van der Waals surface area contributed by atoms with E-state index in [4.69, 9.17) is 26.7 Å². The second-order valence-electron chi connectivity index (χ2n) is 16.9. The molecule has 3 aromatic carbocycles. The van der Waals surface area contributed by atoms with Gasteiger partial charge in [-0.3, -0.25) is 28.8 Å². The molecule has 0 fully saturated rings. The van der Waals surface area contributed by atoms with Crippen LogP contribution < -0.4 is 49.1 Å². The summed E-state index contributed by atoms with van der Waals surface area (Å²) in [6.07, 6.45) is 1.37. The van der Waals surface area contributed by atoms with Crippen LogP contribution in [0, 0.1) is 0 Å². The molecule has 0 aliphatic carbocycles. The lowest BCUT2D eigenvalue weighted by Gasteiger charge is -2.25. The van der Waals surface area contributed by atoms with Gasteiger partial charge in [0.25, 0.3) is 17.7 Å². The molecule has 0 radical (unpaired) electrons. The number of carboxylic acid groups (broad SMARTS) is 1. The Morgan fingerprint density at radius 2 is 0.724 bits per heavy atom. The maximum Gasteiger partial charge on any atom is 0.332 e. The lowest BCUT2D eigenvalue weighted by Crippen LogP contribution is -2.56. The number of carbonyl (C=O) groups excluding carboxylic acids is 8. The average molecular weight is 1070 g/mol. The van der Waals surface area contributed by atoms with Gasteiger partial charge in [0, 0.05) is 0 Å². The topological polar surface area (TPSA) is 484 Å². The number of aliphatic hydroxyl groups excluding tert-OH is 1. The van der Waals surface area contributed by atoms with Gasteiger partial charge < -0.3 is 99.4 Å². The molecule has 20 N–H and O–H groups in total. The molecular weight excluding hydrogens is 1010 g/mol. The lowest BCUT2D eigenvalue weighted by atomic mass is 10.1. The minimum absolute atomic E-state index is 0.0828. The molecule has 76 heavy (non-hydrogen) atoms. The van der Waals surface area contributed by atoms with Gasteiger partial charge in [-0.05, 0) is 114 Å². The zero-order chi connectivity index (χ0) is 56.5. The Balaban J connectivity index is 1.91. The number of benzene rings is 3. The highest BCUT2D eigenvalue weighted by Gasteiger charge is 2.35. The maximum absolute atomic E-state index is 14.0. The minimum atomic E-state index is -2.10. The first-order valence-corrected chi connectivity index (χ1v) is 23.8. The van der Waals surface area contributed by atoms with Crippen LogP contribution in [-0.4, -0.2) is 170 Å². The van der Waals surface area contributed by atoms with Crippen molar-refractivity contribution in [2.45, 2.75) is 94.0 Å². The van der Waals surface area contributed by atoms with E-state index in [1.165, 1.54) is 18.2 Å². The number of unbranched alkanes of at least 4 members (excludes halogenated alkanes) is 3. The molecule has 28 nitrogen and oxygen atoms in total. The molecule has 6 amide bonds. The number of para-hydroxylation sites is 3. The van der Waals surface area contributed by atoms with E-state index < -0.39 is 161 Å². The van der Waals surface area contributed by atoms with Gasteiger partial charge in [0.2, 0.25) is 17.7 Å². The Hall–Kier alpha value is -8.47. The number of nitrogens with one attached hydrogen (secondary N) is 6. The van der Waals surface area contributed by atoms with Gasteiger partial charge in [-0.15, -0.1) is 0 Å². The van der Waals surface area contributed by atoms with Crippen molar-refractivity contribution in [2.24, 2.45) is 17.2 Å². The number of phenols is 6. The molecule has 0 bridgehead atoms. The molecule has 6 atom stereocenters. The van der Waals surface area contributed by atoms with E-state index in [1.54, 1.807) is 0 Å². The van der Waals surface area contributed by atoms with Gasteiger partial charge in [0.05, 0.1) is 23.3 Å². The van der Waals surface area contributed by atoms with Gasteiger partial charge in [-0.2, -0.15) is 0 Å². The Kier molecular flexibility index (Phi) is 25.5. The van der Waals surface area contributed by atoms with Gasteiger partial charge >= 0.3 is 17.9 Å². The van der Waals surface area contributed by atoms with E-state index in [2.05, 4.69) is 31.9 Å². The fraction of sp³-hybridized carbons (Fsp3) is 0.438. The van der Waals surface area contributed by atoms with Crippen LogP contribution in [0.15, 0.2) is 54.6 Å². The van der Waals surface area contributed by atoms with Crippen molar-refractivity contribution in [1.29, 1.82) is 0 Å². The number of nitrogens with two attached hydrogens (primary N) is 3. The van der Waals surface area contributed by atoms with Crippen LogP contribution in [0.3, 0.4) is 0 Å². The smallest absolute Gasteiger partial charge is 0.332 e.